The van der Waals surface area contributed by atoms with Gasteiger partial charge in [-0.2, -0.15) is 8.78 Å². The molecule has 0 unspecified atom stereocenters. The number of nitrogens with zero attached hydrogens (tertiary/aromatic N) is 5. The molecule has 0 aliphatic heterocycles. The van der Waals surface area contributed by atoms with Gasteiger partial charge in [-0.25, -0.2) is 4.98 Å². The van der Waals surface area contributed by atoms with Gasteiger partial charge in [0.2, 0.25) is 5.89 Å². The maximum atomic E-state index is 12.6. The average Bonchev–Trinajstić information content (AvgIpc) is 3.44. The standard InChI is InChI=1S/C23H17F2N5O2/c1-30-19-5-3-2-4-18(19)27-21(30)14-7-10-17(11-8-14)31-13-16-9-6-15(12-26-16)22-28-29-23(32-22)20(24)25/h2-12,20H,13H2,1H3. The number of aryl methyl sites for hydroxylation is 1. The van der Waals surface area contributed by atoms with Crippen LogP contribution < -0.4 is 4.74 Å². The van der Waals surface area contributed by atoms with Crippen LogP contribution in [-0.4, -0.2) is 24.7 Å². The molecule has 3 heterocycles. The van der Waals surface area contributed by atoms with Crippen LogP contribution in [0.15, 0.2) is 71.3 Å². The largest absolute Gasteiger partial charge is 0.487 e. The molecular weight excluding hydrogens is 416 g/mol. The summed E-state index contributed by atoms with van der Waals surface area (Å²) in [5.74, 6) is 0.857. The van der Waals surface area contributed by atoms with Gasteiger partial charge in [-0.05, 0) is 48.5 Å². The van der Waals surface area contributed by atoms with Gasteiger partial charge in [-0.1, -0.05) is 12.1 Å². The average molecular weight is 433 g/mol. The van der Waals surface area contributed by atoms with E-state index in [1.807, 2.05) is 55.6 Å². The molecule has 0 amide bonds. The fourth-order valence-corrected chi connectivity index (χ4v) is 3.34. The molecule has 0 bridgehead atoms. The van der Waals surface area contributed by atoms with E-state index in [0.29, 0.717) is 17.0 Å². The van der Waals surface area contributed by atoms with Crippen molar-refractivity contribution >= 4 is 11.0 Å². The number of aromatic nitrogens is 5. The summed E-state index contributed by atoms with van der Waals surface area (Å²) in [4.78, 5) is 8.98. The Morgan fingerprint density at radius 1 is 0.969 bits per heavy atom. The second kappa shape index (κ2) is 8.18. The topological polar surface area (TPSA) is 78.9 Å². The van der Waals surface area contributed by atoms with Crippen molar-refractivity contribution < 1.29 is 17.9 Å². The predicted octanol–water partition coefficient (Wildman–Crippen LogP) is 5.20. The minimum absolute atomic E-state index is 0.00203. The van der Waals surface area contributed by atoms with Crippen molar-refractivity contribution in [1.29, 1.82) is 0 Å². The molecule has 0 N–H and O–H groups in total. The monoisotopic (exact) mass is 433 g/mol. The normalized spacial score (nSPS) is 11.4. The summed E-state index contributed by atoms with van der Waals surface area (Å²) >= 11 is 0. The van der Waals surface area contributed by atoms with Gasteiger partial charge in [0.15, 0.2) is 0 Å². The number of fused-ring (bicyclic) bond motifs is 1. The summed E-state index contributed by atoms with van der Waals surface area (Å²) in [5, 5.41) is 6.92. The van der Waals surface area contributed by atoms with E-state index >= 15 is 0 Å². The van der Waals surface area contributed by atoms with Crippen LogP contribution in [0, 0.1) is 0 Å². The summed E-state index contributed by atoms with van der Waals surface area (Å²) in [5.41, 5.74) is 4.14. The van der Waals surface area contributed by atoms with Gasteiger partial charge in [-0.15, -0.1) is 10.2 Å². The van der Waals surface area contributed by atoms with Crippen molar-refractivity contribution in [2.75, 3.05) is 0 Å². The van der Waals surface area contributed by atoms with Gasteiger partial charge in [0.05, 0.1) is 22.3 Å². The van der Waals surface area contributed by atoms with E-state index in [1.165, 1.54) is 6.20 Å². The predicted molar refractivity (Wildman–Crippen MR) is 113 cm³/mol. The molecule has 5 aromatic rings. The number of halogens is 2. The molecule has 5 rings (SSSR count). The summed E-state index contributed by atoms with van der Waals surface area (Å²) in [6, 6.07) is 19.1. The lowest BCUT2D eigenvalue weighted by Crippen LogP contribution is -1.98. The summed E-state index contributed by atoms with van der Waals surface area (Å²) in [6.45, 7) is 0.248. The molecule has 0 saturated carbocycles. The molecule has 0 saturated heterocycles. The van der Waals surface area contributed by atoms with Crippen molar-refractivity contribution in [3.63, 3.8) is 0 Å². The van der Waals surface area contributed by atoms with Crippen LogP contribution in [0.1, 0.15) is 18.0 Å². The lowest BCUT2D eigenvalue weighted by molar-refractivity contribution is 0.116. The van der Waals surface area contributed by atoms with Crippen LogP contribution in [0.3, 0.4) is 0 Å². The number of alkyl halides is 2. The third-order valence-corrected chi connectivity index (χ3v) is 4.99. The van der Waals surface area contributed by atoms with Crippen LogP contribution in [0.5, 0.6) is 5.75 Å². The maximum absolute atomic E-state index is 12.6. The van der Waals surface area contributed by atoms with Crippen molar-refractivity contribution in [2.24, 2.45) is 7.05 Å². The fourth-order valence-electron chi connectivity index (χ4n) is 3.34. The van der Waals surface area contributed by atoms with E-state index in [9.17, 15) is 8.78 Å². The second-order valence-electron chi connectivity index (χ2n) is 7.08. The zero-order valence-electron chi connectivity index (χ0n) is 16.9. The van der Waals surface area contributed by atoms with E-state index in [1.54, 1.807) is 12.1 Å². The Labute approximate surface area is 181 Å². The van der Waals surface area contributed by atoms with Gasteiger partial charge < -0.3 is 13.7 Å². The number of pyridine rings is 1. The first kappa shape index (κ1) is 19.8. The van der Waals surface area contributed by atoms with Gasteiger partial charge in [0.25, 0.3) is 5.89 Å². The van der Waals surface area contributed by atoms with Crippen molar-refractivity contribution in [3.8, 4) is 28.6 Å². The minimum Gasteiger partial charge on any atom is -0.487 e. The fraction of sp³-hybridized carbons (Fsp3) is 0.130. The number of hydrogen-bond donors (Lipinski definition) is 0. The molecule has 0 radical (unpaired) electrons. The number of benzene rings is 2. The molecule has 9 heteroatoms. The second-order valence-corrected chi connectivity index (χ2v) is 7.08. The zero-order valence-corrected chi connectivity index (χ0v) is 16.9. The molecule has 0 aliphatic carbocycles. The lowest BCUT2D eigenvalue weighted by Gasteiger charge is -2.07. The highest BCUT2D eigenvalue weighted by atomic mass is 19.3. The quantitative estimate of drug-likeness (QED) is 0.366. The number of rotatable bonds is 6. The molecular formula is C23H17F2N5O2. The van der Waals surface area contributed by atoms with E-state index in [2.05, 4.69) is 19.7 Å². The first-order valence-corrected chi connectivity index (χ1v) is 9.80. The van der Waals surface area contributed by atoms with Crippen LogP contribution in [0.4, 0.5) is 8.78 Å². The summed E-state index contributed by atoms with van der Waals surface area (Å²) in [7, 11) is 1.99. The molecule has 3 aromatic heterocycles. The van der Waals surface area contributed by atoms with Crippen molar-refractivity contribution in [2.45, 2.75) is 13.0 Å². The highest BCUT2D eigenvalue weighted by Crippen LogP contribution is 2.26. The zero-order chi connectivity index (χ0) is 22.1. The van der Waals surface area contributed by atoms with Crippen LogP contribution in [0.25, 0.3) is 33.9 Å². The third-order valence-electron chi connectivity index (χ3n) is 4.99. The molecule has 0 fully saturated rings. The van der Waals surface area contributed by atoms with E-state index in [-0.39, 0.29) is 12.5 Å². The molecule has 7 nitrogen and oxygen atoms in total. The molecule has 0 aliphatic rings. The number of para-hydroxylation sites is 2. The van der Waals surface area contributed by atoms with E-state index in [0.717, 1.165) is 22.4 Å². The number of hydrogen-bond acceptors (Lipinski definition) is 6. The van der Waals surface area contributed by atoms with E-state index < -0.39 is 12.3 Å². The first-order valence-electron chi connectivity index (χ1n) is 9.80. The van der Waals surface area contributed by atoms with Crippen LogP contribution >= 0.6 is 0 Å². The SMILES string of the molecule is Cn1c(-c2ccc(OCc3ccc(-c4nnc(C(F)F)o4)cn3)cc2)nc2ccccc21. The molecule has 2 aromatic carbocycles. The van der Waals surface area contributed by atoms with Gasteiger partial charge in [-0.3, -0.25) is 4.98 Å². The number of ether oxygens (including phenoxy) is 1. The maximum Gasteiger partial charge on any atom is 0.314 e. The van der Waals surface area contributed by atoms with E-state index in [4.69, 9.17) is 14.1 Å². The Hall–Kier alpha value is -4.14. The highest BCUT2D eigenvalue weighted by molar-refractivity contribution is 5.80. The lowest BCUT2D eigenvalue weighted by atomic mass is 10.2. The summed E-state index contributed by atoms with van der Waals surface area (Å²) < 4.78 is 38.0. The van der Waals surface area contributed by atoms with Crippen molar-refractivity contribution in [1.82, 2.24) is 24.7 Å². The first-order chi connectivity index (χ1) is 15.6. The minimum atomic E-state index is -2.81. The Bertz CT molecular complexity index is 1360. The Morgan fingerprint density at radius 2 is 1.75 bits per heavy atom. The van der Waals surface area contributed by atoms with Gasteiger partial charge >= 0.3 is 6.43 Å². The van der Waals surface area contributed by atoms with Gasteiger partial charge in [0.1, 0.15) is 18.2 Å². The highest BCUT2D eigenvalue weighted by Gasteiger charge is 2.17. The Kier molecular flexibility index (Phi) is 5.06. The molecule has 0 spiro atoms. The number of imidazole rings is 1. The summed E-state index contributed by atoms with van der Waals surface area (Å²) in [6.07, 6.45) is -1.32. The molecule has 0 atom stereocenters. The molecule has 32 heavy (non-hydrogen) atoms. The third kappa shape index (κ3) is 3.80. The Morgan fingerprint density at radius 3 is 2.44 bits per heavy atom. The molecule has 160 valence electrons. The smallest absolute Gasteiger partial charge is 0.314 e. The van der Waals surface area contributed by atoms with Crippen molar-refractivity contribution in [3.05, 3.63) is 78.4 Å². The van der Waals surface area contributed by atoms with Crippen LogP contribution in [0.2, 0.25) is 0 Å². The van der Waals surface area contributed by atoms with Crippen LogP contribution in [-0.2, 0) is 13.7 Å². The van der Waals surface area contributed by atoms with Gasteiger partial charge in [0, 0.05) is 18.8 Å². The Balaban J connectivity index is 1.25.